The molecular formula is C23H16BrFO3. The van der Waals surface area contributed by atoms with Crippen molar-refractivity contribution < 1.29 is 18.7 Å². The largest absolute Gasteiger partial charge is 0.488 e. The highest BCUT2D eigenvalue weighted by Gasteiger charge is 2.30. The predicted molar refractivity (Wildman–Crippen MR) is 109 cm³/mol. The number of benzene rings is 3. The van der Waals surface area contributed by atoms with Crippen molar-refractivity contribution in [2.24, 2.45) is 0 Å². The Morgan fingerprint density at radius 2 is 1.75 bits per heavy atom. The standard InChI is InChI=1S/C23H16BrFO3/c1-14-20(27-13-16-2-6-17(24)7-3-16)11-10-19-22(26)21(28-23(14)19)12-15-4-8-18(25)9-5-15/h2-12H,13H2,1H3/b21-12-. The number of rotatable bonds is 4. The summed E-state index contributed by atoms with van der Waals surface area (Å²) in [4.78, 5) is 12.6. The molecule has 140 valence electrons. The third-order valence-corrected chi connectivity index (χ3v) is 5.04. The van der Waals surface area contributed by atoms with Gasteiger partial charge in [-0.2, -0.15) is 0 Å². The summed E-state index contributed by atoms with van der Waals surface area (Å²) in [6, 6.07) is 17.3. The van der Waals surface area contributed by atoms with Crippen LogP contribution in [0, 0.1) is 12.7 Å². The molecule has 1 aliphatic rings. The highest BCUT2D eigenvalue weighted by atomic mass is 79.9. The topological polar surface area (TPSA) is 35.5 Å². The van der Waals surface area contributed by atoms with E-state index in [0.717, 1.165) is 15.6 Å². The molecule has 5 heteroatoms. The van der Waals surface area contributed by atoms with Gasteiger partial charge in [0.05, 0.1) is 5.56 Å². The molecule has 0 saturated carbocycles. The van der Waals surface area contributed by atoms with Crippen molar-refractivity contribution in [1.82, 2.24) is 0 Å². The molecule has 3 aromatic rings. The van der Waals surface area contributed by atoms with Crippen LogP contribution in [-0.4, -0.2) is 5.78 Å². The fraction of sp³-hybridized carbons (Fsp3) is 0.0870. The molecule has 0 bridgehead atoms. The van der Waals surface area contributed by atoms with E-state index in [1.165, 1.54) is 12.1 Å². The lowest BCUT2D eigenvalue weighted by Gasteiger charge is -2.11. The predicted octanol–water partition coefficient (Wildman–Crippen LogP) is 6.09. The Kier molecular flexibility index (Phi) is 5.01. The molecule has 28 heavy (non-hydrogen) atoms. The Labute approximate surface area is 170 Å². The first-order valence-corrected chi connectivity index (χ1v) is 9.51. The first kappa shape index (κ1) is 18.4. The fourth-order valence-electron chi connectivity index (χ4n) is 2.98. The third kappa shape index (κ3) is 3.71. The van der Waals surface area contributed by atoms with E-state index in [-0.39, 0.29) is 17.4 Å². The highest BCUT2D eigenvalue weighted by Crippen LogP contribution is 2.39. The summed E-state index contributed by atoms with van der Waals surface area (Å²) < 4.78 is 25.8. The zero-order valence-corrected chi connectivity index (χ0v) is 16.6. The van der Waals surface area contributed by atoms with E-state index >= 15 is 0 Å². The molecule has 0 saturated heterocycles. The number of hydrogen-bond donors (Lipinski definition) is 0. The van der Waals surface area contributed by atoms with Gasteiger partial charge in [-0.3, -0.25) is 4.79 Å². The molecule has 0 unspecified atom stereocenters. The minimum atomic E-state index is -0.326. The second-order valence-corrected chi connectivity index (χ2v) is 7.39. The smallest absolute Gasteiger partial charge is 0.231 e. The molecule has 0 aliphatic carbocycles. The molecule has 4 rings (SSSR count). The number of halogens is 2. The molecule has 0 aromatic heterocycles. The first-order valence-electron chi connectivity index (χ1n) is 8.72. The molecule has 0 radical (unpaired) electrons. The number of carbonyl (C=O) groups excluding carboxylic acids is 1. The Hall–Kier alpha value is -2.92. The van der Waals surface area contributed by atoms with Crippen LogP contribution in [0.25, 0.3) is 6.08 Å². The number of ether oxygens (including phenoxy) is 2. The summed E-state index contributed by atoms with van der Waals surface area (Å²) in [7, 11) is 0. The van der Waals surface area contributed by atoms with Gasteiger partial charge >= 0.3 is 0 Å². The maximum Gasteiger partial charge on any atom is 0.231 e. The van der Waals surface area contributed by atoms with E-state index in [0.29, 0.717) is 29.2 Å². The van der Waals surface area contributed by atoms with Crippen molar-refractivity contribution >= 4 is 27.8 Å². The summed E-state index contributed by atoms with van der Waals surface area (Å²) >= 11 is 3.41. The second kappa shape index (κ2) is 7.60. The lowest BCUT2D eigenvalue weighted by molar-refractivity contribution is 0.101. The third-order valence-electron chi connectivity index (χ3n) is 4.51. The summed E-state index contributed by atoms with van der Waals surface area (Å²) in [6.45, 7) is 2.28. The van der Waals surface area contributed by atoms with Gasteiger partial charge in [0, 0.05) is 10.0 Å². The zero-order chi connectivity index (χ0) is 19.7. The Bertz CT molecular complexity index is 1070. The molecule has 1 heterocycles. The maximum atomic E-state index is 13.1. The van der Waals surface area contributed by atoms with E-state index in [1.807, 2.05) is 31.2 Å². The maximum absolute atomic E-state index is 13.1. The molecule has 0 spiro atoms. The lowest BCUT2D eigenvalue weighted by atomic mass is 10.1. The van der Waals surface area contributed by atoms with E-state index < -0.39 is 0 Å². The zero-order valence-electron chi connectivity index (χ0n) is 15.0. The lowest BCUT2D eigenvalue weighted by Crippen LogP contribution is -1.98. The van der Waals surface area contributed by atoms with Crippen LogP contribution in [0.15, 0.2) is 70.9 Å². The van der Waals surface area contributed by atoms with Gasteiger partial charge in [0.25, 0.3) is 0 Å². The number of fused-ring (bicyclic) bond motifs is 1. The van der Waals surface area contributed by atoms with Gasteiger partial charge in [0.2, 0.25) is 5.78 Å². The molecule has 3 aromatic carbocycles. The SMILES string of the molecule is Cc1c(OCc2ccc(Br)cc2)ccc2c1O/C(=C\c1ccc(F)cc1)C2=O. The van der Waals surface area contributed by atoms with E-state index in [4.69, 9.17) is 9.47 Å². The minimum absolute atomic E-state index is 0.193. The number of allylic oxidation sites excluding steroid dienone is 1. The van der Waals surface area contributed by atoms with Crippen LogP contribution in [0.3, 0.4) is 0 Å². The van der Waals surface area contributed by atoms with Crippen LogP contribution >= 0.6 is 15.9 Å². The van der Waals surface area contributed by atoms with Crippen molar-refractivity contribution in [1.29, 1.82) is 0 Å². The van der Waals surface area contributed by atoms with Gasteiger partial charge < -0.3 is 9.47 Å². The normalized spacial score (nSPS) is 14.1. The quantitative estimate of drug-likeness (QED) is 0.462. The number of ketones is 1. The molecule has 0 fully saturated rings. The molecule has 0 amide bonds. The van der Waals surface area contributed by atoms with E-state index in [2.05, 4.69) is 15.9 Å². The summed E-state index contributed by atoms with van der Waals surface area (Å²) in [6.07, 6.45) is 1.61. The van der Waals surface area contributed by atoms with Crippen LogP contribution in [0.1, 0.15) is 27.0 Å². The van der Waals surface area contributed by atoms with Gasteiger partial charge in [0.15, 0.2) is 5.76 Å². The van der Waals surface area contributed by atoms with Crippen molar-refractivity contribution in [3.63, 3.8) is 0 Å². The van der Waals surface area contributed by atoms with Gasteiger partial charge in [0.1, 0.15) is 23.9 Å². The Balaban J connectivity index is 1.56. The van der Waals surface area contributed by atoms with Crippen molar-refractivity contribution in [2.75, 3.05) is 0 Å². The fourth-order valence-corrected chi connectivity index (χ4v) is 3.24. The molecule has 3 nitrogen and oxygen atoms in total. The van der Waals surface area contributed by atoms with Crippen molar-refractivity contribution in [3.05, 3.63) is 99.0 Å². The molecule has 0 N–H and O–H groups in total. The van der Waals surface area contributed by atoms with Gasteiger partial charge in [-0.15, -0.1) is 0 Å². The van der Waals surface area contributed by atoms with Crippen molar-refractivity contribution in [3.8, 4) is 11.5 Å². The highest BCUT2D eigenvalue weighted by molar-refractivity contribution is 9.10. The summed E-state index contributed by atoms with van der Waals surface area (Å²) in [5.74, 6) is 0.869. The van der Waals surface area contributed by atoms with Crippen LogP contribution in [0.2, 0.25) is 0 Å². The Morgan fingerprint density at radius 3 is 2.46 bits per heavy atom. The van der Waals surface area contributed by atoms with Gasteiger partial charge in [-0.25, -0.2) is 4.39 Å². The minimum Gasteiger partial charge on any atom is -0.488 e. The average molecular weight is 439 g/mol. The second-order valence-electron chi connectivity index (χ2n) is 6.47. The summed E-state index contributed by atoms with van der Waals surface area (Å²) in [5, 5.41) is 0. The van der Waals surface area contributed by atoms with E-state index in [9.17, 15) is 9.18 Å². The molecular weight excluding hydrogens is 423 g/mol. The van der Waals surface area contributed by atoms with Crippen LogP contribution in [0.5, 0.6) is 11.5 Å². The van der Waals surface area contributed by atoms with E-state index in [1.54, 1.807) is 30.3 Å². The van der Waals surface area contributed by atoms with Crippen LogP contribution in [-0.2, 0) is 6.61 Å². The summed E-state index contributed by atoms with van der Waals surface area (Å²) in [5.41, 5.74) is 3.01. The number of carbonyl (C=O) groups is 1. The number of hydrogen-bond acceptors (Lipinski definition) is 3. The number of Topliss-reactive ketones (excluding diaryl/α,β-unsaturated/α-hetero) is 1. The Morgan fingerprint density at radius 1 is 1.04 bits per heavy atom. The first-order chi connectivity index (χ1) is 13.5. The molecule has 1 aliphatic heterocycles. The van der Waals surface area contributed by atoms with Gasteiger partial charge in [-0.1, -0.05) is 40.2 Å². The average Bonchev–Trinajstić information content (AvgIpc) is 3.01. The van der Waals surface area contributed by atoms with Gasteiger partial charge in [-0.05, 0) is 60.5 Å². The van der Waals surface area contributed by atoms with Crippen LogP contribution in [0.4, 0.5) is 4.39 Å². The monoisotopic (exact) mass is 438 g/mol. The van der Waals surface area contributed by atoms with Crippen LogP contribution < -0.4 is 9.47 Å². The molecule has 0 atom stereocenters. The van der Waals surface area contributed by atoms with Crippen molar-refractivity contribution in [2.45, 2.75) is 13.5 Å².